The van der Waals surface area contributed by atoms with E-state index in [1.54, 1.807) is 7.05 Å². The van der Waals surface area contributed by atoms with Crippen LogP contribution in [0.15, 0.2) is 47.7 Å². The van der Waals surface area contributed by atoms with Gasteiger partial charge in [-0.1, -0.05) is 18.2 Å². The fourth-order valence-corrected chi connectivity index (χ4v) is 1.89. The normalized spacial score (nSPS) is 11.7. The van der Waals surface area contributed by atoms with Crippen molar-refractivity contribution < 1.29 is 0 Å². The molecule has 0 saturated carbocycles. The number of nitrogens with zero attached hydrogens (tertiary/aromatic N) is 3. The van der Waals surface area contributed by atoms with Crippen molar-refractivity contribution in [2.45, 2.75) is 32.9 Å². The van der Waals surface area contributed by atoms with Gasteiger partial charge in [-0.15, -0.1) is 24.0 Å². The number of para-hydroxylation sites is 1. The maximum atomic E-state index is 4.38. The van der Waals surface area contributed by atoms with Gasteiger partial charge in [-0.25, -0.2) is 4.68 Å². The monoisotopic (exact) mass is 413 g/mol. The molecule has 0 atom stereocenters. The molecule has 1 heterocycles. The van der Waals surface area contributed by atoms with Crippen molar-refractivity contribution in [2.24, 2.45) is 4.99 Å². The van der Waals surface area contributed by atoms with Gasteiger partial charge >= 0.3 is 0 Å². The Balaban J connectivity index is 0.00000242. The number of aliphatic imine (C=N–C) groups is 1. The molecule has 2 aromatic rings. The lowest BCUT2D eigenvalue weighted by atomic mass is 10.1. The first-order valence-electron chi connectivity index (χ1n) is 7.06. The molecule has 0 spiro atoms. The zero-order valence-electron chi connectivity index (χ0n) is 13.5. The lowest BCUT2D eigenvalue weighted by Gasteiger charge is -2.23. The maximum absolute atomic E-state index is 4.38. The summed E-state index contributed by atoms with van der Waals surface area (Å²) in [5.41, 5.74) is 2.15. The van der Waals surface area contributed by atoms with Crippen molar-refractivity contribution in [3.05, 3.63) is 48.3 Å². The van der Waals surface area contributed by atoms with Crippen molar-refractivity contribution in [1.29, 1.82) is 0 Å². The summed E-state index contributed by atoms with van der Waals surface area (Å²) in [6.07, 6.45) is 3.89. The van der Waals surface area contributed by atoms with Gasteiger partial charge in [-0.05, 0) is 32.9 Å². The van der Waals surface area contributed by atoms with Crippen LogP contribution in [0.4, 0.5) is 0 Å². The van der Waals surface area contributed by atoms with E-state index in [-0.39, 0.29) is 29.5 Å². The molecule has 5 nitrogen and oxygen atoms in total. The Bertz CT molecular complexity index is 598. The summed E-state index contributed by atoms with van der Waals surface area (Å²) >= 11 is 0. The topological polar surface area (TPSA) is 54.2 Å². The van der Waals surface area contributed by atoms with Crippen molar-refractivity contribution in [3.63, 3.8) is 0 Å². The summed E-state index contributed by atoms with van der Waals surface area (Å²) in [4.78, 5) is 4.22. The molecule has 0 aliphatic carbocycles. The summed E-state index contributed by atoms with van der Waals surface area (Å²) < 4.78 is 1.87. The Morgan fingerprint density at radius 3 is 2.50 bits per heavy atom. The van der Waals surface area contributed by atoms with Gasteiger partial charge in [0.1, 0.15) is 0 Å². The Morgan fingerprint density at radius 1 is 1.23 bits per heavy atom. The highest BCUT2D eigenvalue weighted by Crippen LogP contribution is 2.07. The standard InChI is InChI=1S/C16H23N5.HI/c1-16(2,3)20-15(17-4)18-10-13-11-19-21(12-13)14-8-6-5-7-9-14;/h5-9,11-12H,10H2,1-4H3,(H2,17,18,20);1H. The fourth-order valence-electron chi connectivity index (χ4n) is 1.89. The molecule has 0 saturated heterocycles. The van der Waals surface area contributed by atoms with Gasteiger partial charge in [-0.2, -0.15) is 5.10 Å². The number of halogens is 1. The first-order chi connectivity index (χ1) is 9.98. The van der Waals surface area contributed by atoms with Crippen molar-refractivity contribution in [1.82, 2.24) is 20.4 Å². The van der Waals surface area contributed by atoms with Gasteiger partial charge in [-0.3, -0.25) is 4.99 Å². The summed E-state index contributed by atoms with van der Waals surface area (Å²) in [5, 5.41) is 11.0. The molecular weight excluding hydrogens is 389 g/mol. The Labute approximate surface area is 149 Å². The van der Waals surface area contributed by atoms with Crippen LogP contribution in [0.5, 0.6) is 0 Å². The van der Waals surface area contributed by atoms with Crippen LogP contribution >= 0.6 is 24.0 Å². The van der Waals surface area contributed by atoms with E-state index in [1.807, 2.05) is 47.4 Å². The molecule has 6 heteroatoms. The molecule has 0 fully saturated rings. The molecule has 0 aliphatic rings. The number of benzene rings is 1. The molecule has 1 aromatic carbocycles. The third-order valence-electron chi connectivity index (χ3n) is 2.83. The number of guanidine groups is 1. The number of rotatable bonds is 3. The van der Waals surface area contributed by atoms with E-state index in [4.69, 9.17) is 0 Å². The van der Waals surface area contributed by atoms with Crippen LogP contribution in [0, 0.1) is 0 Å². The zero-order chi connectivity index (χ0) is 15.3. The summed E-state index contributed by atoms with van der Waals surface area (Å²) in [5.74, 6) is 0.787. The highest BCUT2D eigenvalue weighted by Gasteiger charge is 2.11. The minimum atomic E-state index is -0.0178. The van der Waals surface area contributed by atoms with Gasteiger partial charge in [0.2, 0.25) is 0 Å². The van der Waals surface area contributed by atoms with Gasteiger partial charge < -0.3 is 10.6 Å². The fraction of sp³-hybridized carbons (Fsp3) is 0.375. The molecule has 0 bridgehead atoms. The summed E-state index contributed by atoms with van der Waals surface area (Å²) in [6, 6.07) is 10.1. The second kappa shape index (κ2) is 8.17. The van der Waals surface area contributed by atoms with E-state index >= 15 is 0 Å². The zero-order valence-corrected chi connectivity index (χ0v) is 15.8. The first-order valence-corrected chi connectivity index (χ1v) is 7.06. The molecule has 0 unspecified atom stereocenters. The van der Waals surface area contributed by atoms with Crippen LogP contribution < -0.4 is 10.6 Å². The van der Waals surface area contributed by atoms with Crippen LogP contribution in [0.25, 0.3) is 5.69 Å². The van der Waals surface area contributed by atoms with Crippen molar-refractivity contribution >= 4 is 29.9 Å². The van der Waals surface area contributed by atoms with Crippen LogP contribution in [-0.4, -0.2) is 28.3 Å². The molecule has 22 heavy (non-hydrogen) atoms. The average Bonchev–Trinajstić information content (AvgIpc) is 2.92. The van der Waals surface area contributed by atoms with Gasteiger partial charge in [0.15, 0.2) is 5.96 Å². The van der Waals surface area contributed by atoms with Gasteiger partial charge in [0.25, 0.3) is 0 Å². The largest absolute Gasteiger partial charge is 0.352 e. The molecule has 0 radical (unpaired) electrons. The second-order valence-corrected chi connectivity index (χ2v) is 5.93. The Hall–Kier alpha value is -1.57. The molecule has 1 aromatic heterocycles. The van der Waals surface area contributed by atoms with E-state index in [1.165, 1.54) is 0 Å². The highest BCUT2D eigenvalue weighted by atomic mass is 127. The Morgan fingerprint density at radius 2 is 1.91 bits per heavy atom. The molecule has 2 N–H and O–H groups in total. The van der Waals surface area contributed by atoms with E-state index in [0.29, 0.717) is 6.54 Å². The van der Waals surface area contributed by atoms with Crippen LogP contribution in [0.3, 0.4) is 0 Å². The highest BCUT2D eigenvalue weighted by molar-refractivity contribution is 14.0. The molecule has 0 aliphatic heterocycles. The predicted molar refractivity (Wildman–Crippen MR) is 102 cm³/mol. The second-order valence-electron chi connectivity index (χ2n) is 5.93. The van der Waals surface area contributed by atoms with Crippen LogP contribution in [0.2, 0.25) is 0 Å². The minimum Gasteiger partial charge on any atom is -0.352 e. The summed E-state index contributed by atoms with van der Waals surface area (Å²) in [6.45, 7) is 7.00. The predicted octanol–water partition coefficient (Wildman–Crippen LogP) is 2.95. The summed E-state index contributed by atoms with van der Waals surface area (Å²) in [7, 11) is 1.77. The Kier molecular flexibility index (Phi) is 6.86. The molecule has 2 rings (SSSR count). The minimum absolute atomic E-state index is 0. The van der Waals surface area contributed by atoms with E-state index < -0.39 is 0 Å². The third-order valence-corrected chi connectivity index (χ3v) is 2.83. The van der Waals surface area contributed by atoms with E-state index in [0.717, 1.165) is 17.2 Å². The molecule has 120 valence electrons. The number of hydrogen-bond donors (Lipinski definition) is 2. The quantitative estimate of drug-likeness (QED) is 0.462. The average molecular weight is 413 g/mol. The lowest BCUT2D eigenvalue weighted by Crippen LogP contribution is -2.47. The van der Waals surface area contributed by atoms with Crippen molar-refractivity contribution in [3.8, 4) is 5.69 Å². The lowest BCUT2D eigenvalue weighted by molar-refractivity contribution is 0.501. The van der Waals surface area contributed by atoms with Crippen molar-refractivity contribution in [2.75, 3.05) is 7.05 Å². The number of hydrogen-bond acceptors (Lipinski definition) is 2. The number of nitrogens with one attached hydrogen (secondary N) is 2. The maximum Gasteiger partial charge on any atom is 0.191 e. The van der Waals surface area contributed by atoms with E-state index in [2.05, 4.69) is 41.5 Å². The van der Waals surface area contributed by atoms with E-state index in [9.17, 15) is 0 Å². The van der Waals surface area contributed by atoms with Gasteiger partial charge in [0.05, 0.1) is 11.9 Å². The van der Waals surface area contributed by atoms with Crippen LogP contribution in [0.1, 0.15) is 26.3 Å². The van der Waals surface area contributed by atoms with Crippen LogP contribution in [-0.2, 0) is 6.54 Å². The SMILES string of the molecule is CN=C(NCc1cnn(-c2ccccc2)c1)NC(C)(C)C.I. The molecule has 0 amide bonds. The molecular formula is C16H24IN5. The third kappa shape index (κ3) is 5.67. The number of aromatic nitrogens is 2. The van der Waals surface area contributed by atoms with Gasteiger partial charge in [0, 0.05) is 30.9 Å². The first kappa shape index (κ1) is 18.5. The smallest absolute Gasteiger partial charge is 0.191 e.